The zero-order valence-electron chi connectivity index (χ0n) is 10.9. The van der Waals surface area contributed by atoms with E-state index in [1.54, 1.807) is 6.20 Å². The topological polar surface area (TPSA) is 46.4 Å². The van der Waals surface area contributed by atoms with Crippen molar-refractivity contribution < 1.29 is 13.6 Å². The van der Waals surface area contributed by atoms with E-state index in [4.69, 9.17) is 0 Å². The number of pyridine rings is 1. The molecule has 0 saturated carbocycles. The summed E-state index contributed by atoms with van der Waals surface area (Å²) in [6.45, 7) is 0.164. The molecule has 0 bridgehead atoms. The van der Waals surface area contributed by atoms with Crippen molar-refractivity contribution in [1.29, 1.82) is 0 Å². The van der Waals surface area contributed by atoms with Crippen molar-refractivity contribution in [2.45, 2.75) is 6.54 Å². The molecule has 0 fully saturated rings. The molecular formula is C15H11F2N3O. The maximum atomic E-state index is 13.5. The highest BCUT2D eigenvalue weighted by molar-refractivity contribution is 5.94. The molecule has 0 aliphatic rings. The van der Waals surface area contributed by atoms with Crippen LogP contribution in [0.3, 0.4) is 0 Å². The second-order valence-corrected chi connectivity index (χ2v) is 4.51. The van der Waals surface area contributed by atoms with Gasteiger partial charge in [0.25, 0.3) is 5.91 Å². The lowest BCUT2D eigenvalue weighted by Gasteiger charge is -2.04. The van der Waals surface area contributed by atoms with E-state index >= 15 is 0 Å². The number of fused-ring (bicyclic) bond motifs is 1. The van der Waals surface area contributed by atoms with Gasteiger partial charge < -0.3 is 9.72 Å². The van der Waals surface area contributed by atoms with Gasteiger partial charge in [-0.05, 0) is 24.3 Å². The fraction of sp³-hybridized carbons (Fsp3) is 0.0667. The maximum Gasteiger partial charge on any atom is 0.254 e. The van der Waals surface area contributed by atoms with Crippen LogP contribution in [0.1, 0.15) is 16.1 Å². The third-order valence-electron chi connectivity index (χ3n) is 3.02. The highest BCUT2D eigenvalue weighted by atomic mass is 19.1. The standard InChI is InChI=1S/C15H11F2N3O/c16-10-4-5-12(13(17)7-10)15(21)18-8-11-9-20-6-2-1-3-14(20)19-11/h1-7,9H,8H2,(H,18,21). The highest BCUT2D eigenvalue weighted by Gasteiger charge is 2.12. The lowest BCUT2D eigenvalue weighted by molar-refractivity contribution is 0.0946. The Hall–Kier alpha value is -2.76. The Balaban J connectivity index is 1.73. The van der Waals surface area contributed by atoms with E-state index in [1.807, 2.05) is 28.8 Å². The molecule has 6 heteroatoms. The van der Waals surface area contributed by atoms with E-state index < -0.39 is 17.5 Å². The minimum atomic E-state index is -0.887. The first-order valence-electron chi connectivity index (χ1n) is 6.29. The number of nitrogens with one attached hydrogen (secondary N) is 1. The molecule has 106 valence electrons. The van der Waals surface area contributed by atoms with Gasteiger partial charge in [-0.15, -0.1) is 0 Å². The molecule has 3 aromatic rings. The van der Waals surface area contributed by atoms with E-state index in [0.717, 1.165) is 17.8 Å². The van der Waals surface area contributed by atoms with Crippen LogP contribution >= 0.6 is 0 Å². The number of hydrogen-bond donors (Lipinski definition) is 1. The normalized spacial score (nSPS) is 10.8. The molecule has 1 N–H and O–H groups in total. The Morgan fingerprint density at radius 2 is 2.10 bits per heavy atom. The Bertz CT molecular complexity index is 781. The van der Waals surface area contributed by atoms with E-state index in [1.165, 1.54) is 0 Å². The number of rotatable bonds is 3. The summed E-state index contributed by atoms with van der Waals surface area (Å²) in [5, 5.41) is 2.56. The van der Waals surface area contributed by atoms with E-state index in [9.17, 15) is 13.6 Å². The molecule has 0 aliphatic carbocycles. The maximum absolute atomic E-state index is 13.5. The van der Waals surface area contributed by atoms with Gasteiger partial charge in [-0.25, -0.2) is 13.8 Å². The van der Waals surface area contributed by atoms with Crippen LogP contribution in [-0.2, 0) is 6.54 Å². The Morgan fingerprint density at radius 1 is 1.24 bits per heavy atom. The van der Waals surface area contributed by atoms with Gasteiger partial charge in [0.2, 0.25) is 0 Å². The van der Waals surface area contributed by atoms with E-state index in [2.05, 4.69) is 10.3 Å². The van der Waals surface area contributed by atoms with Crippen molar-refractivity contribution in [3.05, 3.63) is 71.7 Å². The van der Waals surface area contributed by atoms with Gasteiger partial charge in [-0.1, -0.05) is 6.07 Å². The minimum absolute atomic E-state index is 0.164. The summed E-state index contributed by atoms with van der Waals surface area (Å²) in [5.74, 6) is -2.21. The molecule has 0 radical (unpaired) electrons. The van der Waals surface area contributed by atoms with Gasteiger partial charge in [0.15, 0.2) is 0 Å². The number of carbonyl (C=O) groups is 1. The number of amides is 1. The second kappa shape index (κ2) is 5.32. The van der Waals surface area contributed by atoms with Crippen LogP contribution < -0.4 is 5.32 Å². The molecule has 0 spiro atoms. The molecule has 3 rings (SSSR count). The summed E-state index contributed by atoms with van der Waals surface area (Å²) in [5.41, 5.74) is 1.21. The smallest absolute Gasteiger partial charge is 0.254 e. The number of benzene rings is 1. The van der Waals surface area contributed by atoms with Crippen molar-refractivity contribution in [2.24, 2.45) is 0 Å². The van der Waals surface area contributed by atoms with E-state index in [-0.39, 0.29) is 12.1 Å². The first kappa shape index (κ1) is 13.2. The average Bonchev–Trinajstić information content (AvgIpc) is 2.87. The monoisotopic (exact) mass is 287 g/mol. The molecule has 2 heterocycles. The van der Waals surface area contributed by atoms with Crippen molar-refractivity contribution >= 4 is 11.6 Å². The van der Waals surface area contributed by atoms with Crippen LogP contribution in [0.5, 0.6) is 0 Å². The number of hydrogen-bond acceptors (Lipinski definition) is 2. The van der Waals surface area contributed by atoms with E-state index in [0.29, 0.717) is 11.8 Å². The molecular weight excluding hydrogens is 276 g/mol. The fourth-order valence-electron chi connectivity index (χ4n) is 2.01. The summed E-state index contributed by atoms with van der Waals surface area (Å²) < 4.78 is 28.1. The zero-order valence-corrected chi connectivity index (χ0v) is 10.9. The van der Waals surface area contributed by atoms with Crippen molar-refractivity contribution in [1.82, 2.24) is 14.7 Å². The summed E-state index contributed by atoms with van der Waals surface area (Å²) in [4.78, 5) is 16.2. The largest absolute Gasteiger partial charge is 0.346 e. The second-order valence-electron chi connectivity index (χ2n) is 4.51. The fourth-order valence-corrected chi connectivity index (χ4v) is 2.01. The summed E-state index contributed by atoms with van der Waals surface area (Å²) in [6, 6.07) is 8.40. The van der Waals surface area contributed by atoms with Gasteiger partial charge in [0.1, 0.15) is 17.3 Å². The van der Waals surface area contributed by atoms with Crippen molar-refractivity contribution in [3.63, 3.8) is 0 Å². The average molecular weight is 287 g/mol. The number of imidazole rings is 1. The minimum Gasteiger partial charge on any atom is -0.346 e. The van der Waals surface area contributed by atoms with Gasteiger partial charge >= 0.3 is 0 Å². The number of carbonyl (C=O) groups excluding carboxylic acids is 1. The third kappa shape index (κ3) is 2.74. The molecule has 1 aromatic carbocycles. The first-order valence-corrected chi connectivity index (χ1v) is 6.29. The Morgan fingerprint density at radius 3 is 2.86 bits per heavy atom. The Labute approximate surface area is 119 Å². The number of nitrogens with zero attached hydrogens (tertiary/aromatic N) is 2. The summed E-state index contributed by atoms with van der Waals surface area (Å²) >= 11 is 0. The lowest BCUT2D eigenvalue weighted by Crippen LogP contribution is -2.24. The molecule has 0 aliphatic heterocycles. The Kier molecular flexibility index (Phi) is 3.35. The quantitative estimate of drug-likeness (QED) is 0.804. The predicted molar refractivity (Wildman–Crippen MR) is 72.7 cm³/mol. The van der Waals surface area contributed by atoms with Crippen LogP contribution in [0.2, 0.25) is 0 Å². The zero-order chi connectivity index (χ0) is 14.8. The van der Waals surface area contributed by atoms with Crippen LogP contribution in [0.25, 0.3) is 5.65 Å². The van der Waals surface area contributed by atoms with Crippen molar-refractivity contribution in [3.8, 4) is 0 Å². The van der Waals surface area contributed by atoms with Gasteiger partial charge in [-0.3, -0.25) is 4.79 Å². The highest BCUT2D eigenvalue weighted by Crippen LogP contribution is 2.10. The van der Waals surface area contributed by atoms with Gasteiger partial charge in [-0.2, -0.15) is 0 Å². The van der Waals surface area contributed by atoms with Crippen LogP contribution in [0.4, 0.5) is 8.78 Å². The molecule has 4 nitrogen and oxygen atoms in total. The molecule has 0 atom stereocenters. The van der Waals surface area contributed by atoms with Crippen LogP contribution in [0.15, 0.2) is 48.8 Å². The SMILES string of the molecule is O=C(NCc1cn2ccccc2n1)c1ccc(F)cc1F. The van der Waals surface area contributed by atoms with Crippen LogP contribution in [-0.4, -0.2) is 15.3 Å². The number of aromatic nitrogens is 2. The predicted octanol–water partition coefficient (Wildman–Crippen LogP) is 2.54. The summed E-state index contributed by atoms with van der Waals surface area (Å²) in [6.07, 6.45) is 3.62. The van der Waals surface area contributed by atoms with Crippen molar-refractivity contribution in [2.75, 3.05) is 0 Å². The third-order valence-corrected chi connectivity index (χ3v) is 3.02. The lowest BCUT2D eigenvalue weighted by atomic mass is 10.2. The molecule has 2 aromatic heterocycles. The first-order chi connectivity index (χ1) is 10.1. The molecule has 1 amide bonds. The summed E-state index contributed by atoms with van der Waals surface area (Å²) in [7, 11) is 0. The molecule has 0 unspecified atom stereocenters. The molecule has 21 heavy (non-hydrogen) atoms. The van der Waals surface area contributed by atoms with Gasteiger partial charge in [0.05, 0.1) is 17.8 Å². The molecule has 0 saturated heterocycles. The van der Waals surface area contributed by atoms with Crippen LogP contribution in [0, 0.1) is 11.6 Å². The number of halogens is 2. The van der Waals surface area contributed by atoms with Gasteiger partial charge in [0, 0.05) is 18.5 Å².